The molecule has 100 valence electrons. The Bertz CT molecular complexity index is 748. The van der Waals surface area contributed by atoms with Crippen LogP contribution in [-0.4, -0.2) is 9.78 Å². The van der Waals surface area contributed by atoms with E-state index in [0.29, 0.717) is 11.1 Å². The largest absolute Gasteiger partial charge is 0.236 e. The van der Waals surface area contributed by atoms with Crippen molar-refractivity contribution in [2.45, 2.75) is 0 Å². The van der Waals surface area contributed by atoms with Gasteiger partial charge in [0.1, 0.15) is 17.3 Å². The summed E-state index contributed by atoms with van der Waals surface area (Å²) in [5.74, 6) is -0.800. The van der Waals surface area contributed by atoms with Crippen molar-refractivity contribution in [3.05, 3.63) is 71.5 Å². The molecule has 0 amide bonds. The SMILES string of the molecule is Fc1cccc(-c2cnn(-c3c(F)cccc3Cl)c2)c1. The van der Waals surface area contributed by atoms with Gasteiger partial charge in [0.25, 0.3) is 0 Å². The van der Waals surface area contributed by atoms with Gasteiger partial charge in [-0.1, -0.05) is 29.8 Å². The van der Waals surface area contributed by atoms with Gasteiger partial charge in [0.05, 0.1) is 11.2 Å². The molecule has 3 aromatic rings. The molecule has 0 bridgehead atoms. The average Bonchev–Trinajstić information content (AvgIpc) is 2.88. The molecule has 0 aliphatic heterocycles. The van der Waals surface area contributed by atoms with E-state index in [1.807, 2.05) is 0 Å². The Hall–Kier alpha value is -2.20. The normalized spacial score (nSPS) is 10.8. The second-order valence-electron chi connectivity index (χ2n) is 4.25. The molecule has 2 aromatic carbocycles. The second-order valence-corrected chi connectivity index (χ2v) is 4.66. The Balaban J connectivity index is 2.07. The van der Waals surface area contributed by atoms with Gasteiger partial charge >= 0.3 is 0 Å². The number of hydrogen-bond donors (Lipinski definition) is 0. The van der Waals surface area contributed by atoms with E-state index in [-0.39, 0.29) is 16.5 Å². The molecule has 3 rings (SSSR count). The van der Waals surface area contributed by atoms with Crippen LogP contribution in [0.4, 0.5) is 8.78 Å². The molecule has 0 atom stereocenters. The van der Waals surface area contributed by atoms with Crippen molar-refractivity contribution in [1.29, 1.82) is 0 Å². The topological polar surface area (TPSA) is 17.8 Å². The van der Waals surface area contributed by atoms with Crippen LogP contribution in [0, 0.1) is 11.6 Å². The minimum absolute atomic E-state index is 0.178. The van der Waals surface area contributed by atoms with Crippen molar-refractivity contribution in [3.63, 3.8) is 0 Å². The van der Waals surface area contributed by atoms with E-state index >= 15 is 0 Å². The van der Waals surface area contributed by atoms with Crippen LogP contribution >= 0.6 is 11.6 Å². The summed E-state index contributed by atoms with van der Waals surface area (Å²) in [6, 6.07) is 10.5. The van der Waals surface area contributed by atoms with Crippen molar-refractivity contribution < 1.29 is 8.78 Å². The third-order valence-corrected chi connectivity index (χ3v) is 3.21. The number of benzene rings is 2. The smallest absolute Gasteiger partial charge is 0.150 e. The van der Waals surface area contributed by atoms with Gasteiger partial charge in [-0.25, -0.2) is 13.5 Å². The lowest BCUT2D eigenvalue weighted by Gasteiger charge is -2.05. The molecule has 0 saturated carbocycles. The fraction of sp³-hybridized carbons (Fsp3) is 0. The third-order valence-electron chi connectivity index (χ3n) is 2.91. The number of para-hydroxylation sites is 1. The van der Waals surface area contributed by atoms with Crippen molar-refractivity contribution in [2.75, 3.05) is 0 Å². The quantitative estimate of drug-likeness (QED) is 0.681. The standard InChI is InChI=1S/C15H9ClF2N2/c16-13-5-2-6-14(18)15(13)20-9-11(8-19-20)10-3-1-4-12(17)7-10/h1-9H. The minimum Gasteiger partial charge on any atom is -0.236 e. The Morgan fingerprint density at radius 1 is 1.00 bits per heavy atom. The third kappa shape index (κ3) is 2.30. The highest BCUT2D eigenvalue weighted by atomic mass is 35.5. The average molecular weight is 291 g/mol. The van der Waals surface area contributed by atoms with Gasteiger partial charge in [-0.3, -0.25) is 0 Å². The van der Waals surface area contributed by atoms with Gasteiger partial charge in [0.2, 0.25) is 0 Å². The second kappa shape index (κ2) is 5.06. The van der Waals surface area contributed by atoms with Gasteiger partial charge in [-0.2, -0.15) is 5.10 Å². The predicted molar refractivity (Wildman–Crippen MR) is 73.9 cm³/mol. The molecule has 0 radical (unpaired) electrons. The maximum Gasteiger partial charge on any atom is 0.150 e. The van der Waals surface area contributed by atoms with Crippen LogP contribution in [0.1, 0.15) is 0 Å². The van der Waals surface area contributed by atoms with Gasteiger partial charge in [0.15, 0.2) is 0 Å². The summed E-state index contributed by atoms with van der Waals surface area (Å²) in [6.45, 7) is 0. The van der Waals surface area contributed by atoms with Crippen LogP contribution in [0.3, 0.4) is 0 Å². The number of hydrogen-bond acceptors (Lipinski definition) is 1. The van der Waals surface area contributed by atoms with E-state index in [4.69, 9.17) is 11.6 Å². The first-order valence-electron chi connectivity index (χ1n) is 5.90. The molecular weight excluding hydrogens is 282 g/mol. The lowest BCUT2D eigenvalue weighted by molar-refractivity contribution is 0.611. The summed E-state index contributed by atoms with van der Waals surface area (Å²) in [5, 5.41) is 4.35. The lowest BCUT2D eigenvalue weighted by atomic mass is 10.1. The molecule has 0 aliphatic rings. The molecule has 0 saturated heterocycles. The highest BCUT2D eigenvalue weighted by Gasteiger charge is 2.11. The molecule has 1 aromatic heterocycles. The fourth-order valence-electron chi connectivity index (χ4n) is 1.97. The van der Waals surface area contributed by atoms with Crippen LogP contribution in [0.5, 0.6) is 0 Å². The first-order chi connectivity index (χ1) is 9.65. The van der Waals surface area contributed by atoms with Crippen molar-refractivity contribution in [1.82, 2.24) is 9.78 Å². The Kier molecular flexibility index (Phi) is 3.24. The van der Waals surface area contributed by atoms with Crippen molar-refractivity contribution in [3.8, 4) is 16.8 Å². The molecule has 0 aliphatic carbocycles. The van der Waals surface area contributed by atoms with E-state index in [9.17, 15) is 8.78 Å². The van der Waals surface area contributed by atoms with Crippen molar-refractivity contribution >= 4 is 11.6 Å². The summed E-state index contributed by atoms with van der Waals surface area (Å²) >= 11 is 5.98. The zero-order valence-corrected chi connectivity index (χ0v) is 11.0. The Morgan fingerprint density at radius 2 is 1.80 bits per heavy atom. The van der Waals surface area contributed by atoms with Crippen molar-refractivity contribution in [2.24, 2.45) is 0 Å². The Morgan fingerprint density at radius 3 is 2.55 bits per heavy atom. The summed E-state index contributed by atoms with van der Waals surface area (Å²) in [5.41, 5.74) is 1.53. The fourth-order valence-corrected chi connectivity index (χ4v) is 2.22. The van der Waals surface area contributed by atoms with E-state index in [1.165, 1.54) is 35.1 Å². The van der Waals surface area contributed by atoms with Gasteiger partial charge < -0.3 is 0 Å². The number of nitrogens with zero attached hydrogens (tertiary/aromatic N) is 2. The zero-order valence-electron chi connectivity index (χ0n) is 10.2. The predicted octanol–water partition coefficient (Wildman–Crippen LogP) is 4.47. The van der Waals surface area contributed by atoms with E-state index < -0.39 is 5.82 Å². The molecular formula is C15H9ClF2N2. The molecule has 2 nitrogen and oxygen atoms in total. The molecule has 0 spiro atoms. The van der Waals surface area contributed by atoms with E-state index in [0.717, 1.165) is 0 Å². The molecule has 0 fully saturated rings. The minimum atomic E-state index is -0.466. The van der Waals surface area contributed by atoms with Crippen LogP contribution in [-0.2, 0) is 0 Å². The highest BCUT2D eigenvalue weighted by molar-refractivity contribution is 6.32. The first kappa shape index (κ1) is 12.8. The summed E-state index contributed by atoms with van der Waals surface area (Å²) < 4.78 is 28.4. The maximum absolute atomic E-state index is 13.8. The number of rotatable bonds is 2. The first-order valence-corrected chi connectivity index (χ1v) is 6.28. The monoisotopic (exact) mass is 290 g/mol. The molecule has 0 N–H and O–H groups in total. The van der Waals surface area contributed by atoms with Crippen LogP contribution < -0.4 is 0 Å². The molecule has 20 heavy (non-hydrogen) atoms. The van der Waals surface area contributed by atoms with Gasteiger partial charge in [0, 0.05) is 11.8 Å². The van der Waals surface area contributed by atoms with Crippen LogP contribution in [0.25, 0.3) is 16.8 Å². The highest BCUT2D eigenvalue weighted by Crippen LogP contribution is 2.26. The summed E-state index contributed by atoms with van der Waals surface area (Å²) in [6.07, 6.45) is 3.15. The van der Waals surface area contributed by atoms with Gasteiger partial charge in [-0.05, 0) is 29.8 Å². The lowest BCUT2D eigenvalue weighted by Crippen LogP contribution is -1.98. The molecule has 1 heterocycles. The maximum atomic E-state index is 13.8. The molecule has 5 heteroatoms. The molecule has 0 unspecified atom stereocenters. The summed E-state index contributed by atoms with van der Waals surface area (Å²) in [7, 11) is 0. The van der Waals surface area contributed by atoms with E-state index in [2.05, 4.69) is 5.10 Å². The Labute approximate surface area is 119 Å². The van der Waals surface area contributed by atoms with E-state index in [1.54, 1.807) is 24.4 Å². The number of halogens is 3. The number of aromatic nitrogens is 2. The summed E-state index contributed by atoms with van der Waals surface area (Å²) in [4.78, 5) is 0. The van der Waals surface area contributed by atoms with Crippen LogP contribution in [0.2, 0.25) is 5.02 Å². The van der Waals surface area contributed by atoms with Gasteiger partial charge in [-0.15, -0.1) is 0 Å². The van der Waals surface area contributed by atoms with Crippen LogP contribution in [0.15, 0.2) is 54.9 Å². The zero-order chi connectivity index (χ0) is 14.1.